The highest BCUT2D eigenvalue weighted by Crippen LogP contribution is 2.20. The first-order chi connectivity index (χ1) is 7.66. The first-order valence-electron chi connectivity index (χ1n) is 4.60. The van der Waals surface area contributed by atoms with E-state index in [1.807, 2.05) is 0 Å². The number of aryl methyl sites for hydroxylation is 1. The Labute approximate surface area is 96.8 Å². The van der Waals surface area contributed by atoms with Crippen molar-refractivity contribution in [2.75, 3.05) is 11.1 Å². The smallest absolute Gasteiger partial charge is 0.224 e. The van der Waals surface area contributed by atoms with Crippen molar-refractivity contribution in [2.24, 2.45) is 0 Å². The summed E-state index contributed by atoms with van der Waals surface area (Å²) >= 11 is 5.73. The van der Waals surface area contributed by atoms with Crippen molar-refractivity contribution < 1.29 is 4.52 Å². The van der Waals surface area contributed by atoms with E-state index in [-0.39, 0.29) is 5.28 Å². The van der Waals surface area contributed by atoms with E-state index in [9.17, 15) is 0 Å². The third-order valence-corrected chi connectivity index (χ3v) is 2.20. The van der Waals surface area contributed by atoms with Crippen molar-refractivity contribution in [3.8, 4) is 0 Å². The second-order valence-corrected chi connectivity index (χ2v) is 3.51. The normalized spacial score (nSPS) is 10.4. The molecule has 0 radical (unpaired) electrons. The van der Waals surface area contributed by atoms with Gasteiger partial charge in [0.05, 0.1) is 24.1 Å². The Morgan fingerprint density at radius 2 is 2.31 bits per heavy atom. The Balaban J connectivity index is 2.15. The van der Waals surface area contributed by atoms with Crippen LogP contribution in [-0.4, -0.2) is 15.1 Å². The summed E-state index contributed by atoms with van der Waals surface area (Å²) in [6.45, 7) is 2.21. The van der Waals surface area contributed by atoms with Crippen LogP contribution in [0, 0.1) is 6.92 Å². The Kier molecular flexibility index (Phi) is 2.91. The summed E-state index contributed by atoms with van der Waals surface area (Å²) in [6.07, 6.45) is 1.57. The van der Waals surface area contributed by atoms with Crippen LogP contribution < -0.4 is 11.1 Å². The molecular weight excluding hydrogens is 230 g/mol. The van der Waals surface area contributed by atoms with Gasteiger partial charge in [0, 0.05) is 6.07 Å². The number of hydrogen-bond donors (Lipinski definition) is 2. The lowest BCUT2D eigenvalue weighted by atomic mass is 10.3. The van der Waals surface area contributed by atoms with E-state index in [1.54, 1.807) is 19.2 Å². The first-order valence-corrected chi connectivity index (χ1v) is 4.97. The van der Waals surface area contributed by atoms with Crippen LogP contribution in [0.15, 0.2) is 16.8 Å². The van der Waals surface area contributed by atoms with Crippen molar-refractivity contribution >= 4 is 23.1 Å². The number of halogens is 1. The zero-order chi connectivity index (χ0) is 11.5. The molecule has 6 nitrogen and oxygen atoms in total. The summed E-state index contributed by atoms with van der Waals surface area (Å²) in [6, 6.07) is 1.75. The van der Waals surface area contributed by atoms with Gasteiger partial charge in [0.1, 0.15) is 0 Å². The number of nitrogens with one attached hydrogen (secondary N) is 1. The molecule has 0 bridgehead atoms. The van der Waals surface area contributed by atoms with Gasteiger partial charge >= 0.3 is 0 Å². The average molecular weight is 240 g/mol. The van der Waals surface area contributed by atoms with E-state index >= 15 is 0 Å². The van der Waals surface area contributed by atoms with Crippen molar-refractivity contribution in [2.45, 2.75) is 13.5 Å². The quantitative estimate of drug-likeness (QED) is 0.791. The molecule has 0 amide bonds. The maximum atomic E-state index is 5.80. The molecular formula is C9H10ClN5O. The molecule has 2 aromatic rings. The van der Waals surface area contributed by atoms with Crippen LogP contribution in [0.5, 0.6) is 0 Å². The van der Waals surface area contributed by atoms with Crippen LogP contribution in [-0.2, 0) is 6.54 Å². The standard InChI is InChI=1S/C9H10ClN5O/c1-5-7(11)8(15-9(10)14-5)12-4-6-2-3-13-16-6/h2-3H,4,11H2,1H3,(H,12,14,15). The fraction of sp³-hybridized carbons (Fsp3) is 0.222. The van der Waals surface area contributed by atoms with Crippen LogP contribution in [0.4, 0.5) is 11.5 Å². The van der Waals surface area contributed by atoms with Gasteiger partial charge in [-0.15, -0.1) is 0 Å². The number of rotatable bonds is 3. The minimum atomic E-state index is 0.159. The van der Waals surface area contributed by atoms with Gasteiger partial charge in [-0.05, 0) is 18.5 Å². The van der Waals surface area contributed by atoms with Crippen molar-refractivity contribution in [1.82, 2.24) is 15.1 Å². The van der Waals surface area contributed by atoms with E-state index in [1.165, 1.54) is 0 Å². The molecule has 0 saturated carbocycles. The molecule has 2 rings (SSSR count). The van der Waals surface area contributed by atoms with Crippen LogP contribution in [0.1, 0.15) is 11.5 Å². The van der Waals surface area contributed by atoms with E-state index in [4.69, 9.17) is 21.9 Å². The van der Waals surface area contributed by atoms with Gasteiger partial charge < -0.3 is 15.6 Å². The molecule has 0 fully saturated rings. The van der Waals surface area contributed by atoms with E-state index in [2.05, 4.69) is 20.4 Å². The number of nitrogens with two attached hydrogens (primary N) is 1. The fourth-order valence-electron chi connectivity index (χ4n) is 1.19. The monoisotopic (exact) mass is 239 g/mol. The molecule has 0 spiro atoms. The summed E-state index contributed by atoms with van der Waals surface area (Å²) in [5.41, 5.74) is 6.91. The second-order valence-electron chi connectivity index (χ2n) is 3.17. The molecule has 2 aromatic heterocycles. The topological polar surface area (TPSA) is 89.9 Å². The largest absolute Gasteiger partial charge is 0.394 e. The summed E-state index contributed by atoms with van der Waals surface area (Å²) in [7, 11) is 0. The maximum absolute atomic E-state index is 5.80. The predicted octanol–water partition coefficient (Wildman–Crippen LogP) is 1.62. The zero-order valence-corrected chi connectivity index (χ0v) is 9.32. The summed E-state index contributed by atoms with van der Waals surface area (Å²) < 4.78 is 4.93. The van der Waals surface area contributed by atoms with Gasteiger partial charge in [-0.1, -0.05) is 5.16 Å². The molecule has 0 saturated heterocycles. The van der Waals surface area contributed by atoms with E-state index in [0.29, 0.717) is 29.5 Å². The summed E-state index contributed by atoms with van der Waals surface area (Å²) in [4.78, 5) is 7.92. The lowest BCUT2D eigenvalue weighted by Gasteiger charge is -2.08. The summed E-state index contributed by atoms with van der Waals surface area (Å²) in [5.74, 6) is 1.18. The Morgan fingerprint density at radius 3 is 3.00 bits per heavy atom. The lowest BCUT2D eigenvalue weighted by molar-refractivity contribution is 0.388. The number of aromatic nitrogens is 3. The third-order valence-electron chi connectivity index (χ3n) is 2.03. The lowest BCUT2D eigenvalue weighted by Crippen LogP contribution is -2.07. The predicted molar refractivity (Wildman–Crippen MR) is 60.0 cm³/mol. The van der Waals surface area contributed by atoms with Crippen molar-refractivity contribution in [3.63, 3.8) is 0 Å². The number of nitrogens with zero attached hydrogens (tertiary/aromatic N) is 3. The Hall–Kier alpha value is -1.82. The van der Waals surface area contributed by atoms with Crippen LogP contribution in [0.2, 0.25) is 5.28 Å². The molecule has 84 valence electrons. The minimum absolute atomic E-state index is 0.159. The molecule has 3 N–H and O–H groups in total. The minimum Gasteiger partial charge on any atom is -0.394 e. The molecule has 2 heterocycles. The highest BCUT2D eigenvalue weighted by atomic mass is 35.5. The average Bonchev–Trinajstić information content (AvgIpc) is 2.74. The molecule has 0 aliphatic carbocycles. The maximum Gasteiger partial charge on any atom is 0.224 e. The van der Waals surface area contributed by atoms with Crippen LogP contribution >= 0.6 is 11.6 Å². The molecule has 0 atom stereocenters. The Morgan fingerprint density at radius 1 is 1.50 bits per heavy atom. The summed E-state index contributed by atoms with van der Waals surface area (Å²) in [5, 5.41) is 6.75. The third kappa shape index (κ3) is 2.22. The molecule has 0 unspecified atom stereocenters. The number of hydrogen-bond acceptors (Lipinski definition) is 6. The zero-order valence-electron chi connectivity index (χ0n) is 8.57. The second kappa shape index (κ2) is 4.36. The van der Waals surface area contributed by atoms with Gasteiger partial charge in [0.15, 0.2) is 11.6 Å². The molecule has 0 aliphatic heterocycles. The van der Waals surface area contributed by atoms with Gasteiger partial charge in [0.2, 0.25) is 5.28 Å². The van der Waals surface area contributed by atoms with E-state index < -0.39 is 0 Å². The van der Waals surface area contributed by atoms with Crippen LogP contribution in [0.25, 0.3) is 0 Å². The van der Waals surface area contributed by atoms with Gasteiger partial charge in [-0.3, -0.25) is 0 Å². The highest BCUT2D eigenvalue weighted by Gasteiger charge is 2.07. The van der Waals surface area contributed by atoms with Gasteiger partial charge in [-0.2, -0.15) is 4.98 Å². The molecule has 0 aliphatic rings. The molecule has 7 heteroatoms. The first kappa shape index (κ1) is 10.7. The fourth-order valence-corrected chi connectivity index (χ4v) is 1.40. The molecule has 16 heavy (non-hydrogen) atoms. The van der Waals surface area contributed by atoms with Gasteiger partial charge in [-0.25, -0.2) is 4.98 Å². The SMILES string of the molecule is Cc1nc(Cl)nc(NCc2ccno2)c1N. The van der Waals surface area contributed by atoms with Crippen molar-refractivity contribution in [3.05, 3.63) is 29.0 Å². The van der Waals surface area contributed by atoms with Gasteiger partial charge in [0.25, 0.3) is 0 Å². The van der Waals surface area contributed by atoms with Crippen LogP contribution in [0.3, 0.4) is 0 Å². The van der Waals surface area contributed by atoms with Crippen molar-refractivity contribution in [1.29, 1.82) is 0 Å². The Bertz CT molecular complexity index is 485. The molecule has 0 aromatic carbocycles. The number of anilines is 2. The highest BCUT2D eigenvalue weighted by molar-refractivity contribution is 6.28. The number of nitrogen functional groups attached to an aromatic ring is 1. The van der Waals surface area contributed by atoms with E-state index in [0.717, 1.165) is 0 Å².